The van der Waals surface area contributed by atoms with Crippen LogP contribution in [0, 0.1) is 12.8 Å². The van der Waals surface area contributed by atoms with E-state index in [1.807, 2.05) is 75.4 Å². The Morgan fingerprint density at radius 3 is 2.13 bits per heavy atom. The van der Waals surface area contributed by atoms with Gasteiger partial charge >= 0.3 is 0 Å². The van der Waals surface area contributed by atoms with Gasteiger partial charge in [0.25, 0.3) is 5.91 Å². The summed E-state index contributed by atoms with van der Waals surface area (Å²) in [4.78, 5) is 25.7. The summed E-state index contributed by atoms with van der Waals surface area (Å²) in [5.41, 5.74) is 4.60. The van der Waals surface area contributed by atoms with E-state index >= 15 is 0 Å². The maximum atomic E-state index is 13.1. The van der Waals surface area contributed by atoms with Crippen LogP contribution in [0.15, 0.2) is 78.9 Å². The highest BCUT2D eigenvalue weighted by molar-refractivity contribution is 6.01. The topological polar surface area (TPSA) is 58.2 Å². The second kappa shape index (κ2) is 9.88. The molecule has 2 N–H and O–H groups in total. The zero-order chi connectivity index (χ0) is 21.5. The van der Waals surface area contributed by atoms with Crippen molar-refractivity contribution in [2.75, 3.05) is 5.32 Å². The Balaban J connectivity index is 1.74. The van der Waals surface area contributed by atoms with Crippen molar-refractivity contribution in [3.63, 3.8) is 0 Å². The van der Waals surface area contributed by atoms with E-state index in [2.05, 4.69) is 22.8 Å². The van der Waals surface area contributed by atoms with Gasteiger partial charge in [0.2, 0.25) is 5.91 Å². The van der Waals surface area contributed by atoms with Gasteiger partial charge in [-0.25, -0.2) is 0 Å². The second-order valence-corrected chi connectivity index (χ2v) is 7.87. The summed E-state index contributed by atoms with van der Waals surface area (Å²) in [5.74, 6) is -0.520. The smallest absolute Gasteiger partial charge is 0.251 e. The van der Waals surface area contributed by atoms with Crippen molar-refractivity contribution in [3.05, 3.63) is 101 Å². The number of benzene rings is 3. The van der Waals surface area contributed by atoms with E-state index in [-0.39, 0.29) is 17.7 Å². The summed E-state index contributed by atoms with van der Waals surface area (Å²) in [6.07, 6.45) is 0.722. The van der Waals surface area contributed by atoms with Crippen LogP contribution in [0.25, 0.3) is 0 Å². The average Bonchev–Trinajstić information content (AvgIpc) is 2.74. The van der Waals surface area contributed by atoms with E-state index in [0.29, 0.717) is 5.56 Å². The van der Waals surface area contributed by atoms with Crippen LogP contribution in [0.1, 0.15) is 40.9 Å². The van der Waals surface area contributed by atoms with Crippen molar-refractivity contribution in [1.29, 1.82) is 0 Å². The van der Waals surface area contributed by atoms with Gasteiger partial charge in [0.15, 0.2) is 0 Å². The van der Waals surface area contributed by atoms with Crippen LogP contribution in [-0.4, -0.2) is 17.9 Å². The maximum absolute atomic E-state index is 13.1. The van der Waals surface area contributed by atoms with Gasteiger partial charge in [-0.05, 0) is 48.6 Å². The zero-order valence-electron chi connectivity index (χ0n) is 17.7. The van der Waals surface area contributed by atoms with Crippen LogP contribution in [0.2, 0.25) is 0 Å². The number of hydrogen-bond acceptors (Lipinski definition) is 2. The molecule has 3 aromatic rings. The Labute approximate surface area is 178 Å². The Bertz CT molecular complexity index is 995. The standard InChI is InChI=1S/C26H28N2O2/c1-18(2)24(28-25(29)21-15-13-19(3)14-16-21)26(30)27-23-12-8-7-11-22(23)17-20-9-5-4-6-10-20/h4-16,18,24H,17H2,1-3H3,(H,27,30)(H,28,29)/t24-/m0/s1. The van der Waals surface area contributed by atoms with E-state index in [1.165, 1.54) is 5.56 Å². The molecule has 0 unspecified atom stereocenters. The molecule has 30 heavy (non-hydrogen) atoms. The molecule has 2 amide bonds. The van der Waals surface area contributed by atoms with Crippen LogP contribution >= 0.6 is 0 Å². The third-order valence-corrected chi connectivity index (χ3v) is 5.06. The SMILES string of the molecule is Cc1ccc(C(=O)N[C@H](C(=O)Nc2ccccc2Cc2ccccc2)C(C)C)cc1. The van der Waals surface area contributed by atoms with E-state index < -0.39 is 6.04 Å². The van der Waals surface area contributed by atoms with Gasteiger partial charge in [0.1, 0.15) is 6.04 Å². The minimum absolute atomic E-state index is 0.0549. The highest BCUT2D eigenvalue weighted by Crippen LogP contribution is 2.20. The molecule has 0 aliphatic carbocycles. The van der Waals surface area contributed by atoms with Crippen LogP contribution in [0.3, 0.4) is 0 Å². The Hall–Kier alpha value is -3.40. The number of hydrogen-bond donors (Lipinski definition) is 2. The minimum atomic E-state index is -0.636. The lowest BCUT2D eigenvalue weighted by Crippen LogP contribution is -2.47. The molecule has 0 saturated carbocycles. The van der Waals surface area contributed by atoms with Crippen LogP contribution in [0.5, 0.6) is 0 Å². The fraction of sp³-hybridized carbons (Fsp3) is 0.231. The lowest BCUT2D eigenvalue weighted by molar-refractivity contribution is -0.118. The number of carbonyl (C=O) groups is 2. The van der Waals surface area contributed by atoms with Crippen molar-refractivity contribution in [3.8, 4) is 0 Å². The first-order chi connectivity index (χ1) is 14.4. The average molecular weight is 401 g/mol. The first kappa shape index (κ1) is 21.3. The number of rotatable bonds is 7. The quantitative estimate of drug-likeness (QED) is 0.588. The van der Waals surface area contributed by atoms with Gasteiger partial charge in [0.05, 0.1) is 0 Å². The third-order valence-electron chi connectivity index (χ3n) is 5.06. The van der Waals surface area contributed by atoms with Gasteiger partial charge in [0, 0.05) is 11.3 Å². The van der Waals surface area contributed by atoms with Crippen molar-refractivity contribution in [2.24, 2.45) is 5.92 Å². The molecule has 3 rings (SSSR count). The molecule has 0 saturated heterocycles. The molecular weight excluding hydrogens is 372 g/mol. The summed E-state index contributed by atoms with van der Waals surface area (Å²) in [7, 11) is 0. The number of aryl methyl sites for hydroxylation is 1. The molecule has 0 aliphatic heterocycles. The largest absolute Gasteiger partial charge is 0.340 e. The van der Waals surface area contributed by atoms with Gasteiger partial charge in [-0.2, -0.15) is 0 Å². The van der Waals surface area contributed by atoms with Crippen molar-refractivity contribution in [2.45, 2.75) is 33.2 Å². The molecule has 0 aliphatic rings. The molecule has 0 aromatic heterocycles. The maximum Gasteiger partial charge on any atom is 0.251 e. The summed E-state index contributed by atoms with van der Waals surface area (Å²) in [6, 6.07) is 24.6. The summed E-state index contributed by atoms with van der Waals surface area (Å²) in [5, 5.41) is 5.91. The predicted octanol–water partition coefficient (Wildman–Crippen LogP) is 4.98. The van der Waals surface area contributed by atoms with Crippen molar-refractivity contribution in [1.82, 2.24) is 5.32 Å². The first-order valence-electron chi connectivity index (χ1n) is 10.2. The number of para-hydroxylation sites is 1. The molecule has 0 spiro atoms. The monoisotopic (exact) mass is 400 g/mol. The normalized spacial score (nSPS) is 11.7. The fourth-order valence-electron chi connectivity index (χ4n) is 3.29. The Kier molecular flexibility index (Phi) is 7.02. The van der Waals surface area contributed by atoms with E-state index in [9.17, 15) is 9.59 Å². The molecule has 0 radical (unpaired) electrons. The predicted molar refractivity (Wildman–Crippen MR) is 122 cm³/mol. The highest BCUT2D eigenvalue weighted by atomic mass is 16.2. The Morgan fingerprint density at radius 2 is 1.47 bits per heavy atom. The molecule has 0 bridgehead atoms. The second-order valence-electron chi connectivity index (χ2n) is 7.87. The third kappa shape index (κ3) is 5.57. The highest BCUT2D eigenvalue weighted by Gasteiger charge is 2.25. The molecular formula is C26H28N2O2. The van der Waals surface area contributed by atoms with E-state index in [4.69, 9.17) is 0 Å². The van der Waals surface area contributed by atoms with Crippen LogP contribution < -0.4 is 10.6 Å². The lowest BCUT2D eigenvalue weighted by atomic mass is 10.0. The van der Waals surface area contributed by atoms with Crippen molar-refractivity contribution >= 4 is 17.5 Å². The first-order valence-corrected chi connectivity index (χ1v) is 10.2. The number of carbonyl (C=O) groups excluding carboxylic acids is 2. The van der Waals surface area contributed by atoms with Crippen LogP contribution in [-0.2, 0) is 11.2 Å². The number of amides is 2. The van der Waals surface area contributed by atoms with Gasteiger partial charge in [-0.15, -0.1) is 0 Å². The van der Waals surface area contributed by atoms with Crippen LogP contribution in [0.4, 0.5) is 5.69 Å². The summed E-state index contributed by atoms with van der Waals surface area (Å²) in [6.45, 7) is 5.82. The fourth-order valence-corrected chi connectivity index (χ4v) is 3.29. The lowest BCUT2D eigenvalue weighted by Gasteiger charge is -2.22. The van der Waals surface area contributed by atoms with E-state index in [0.717, 1.165) is 23.2 Å². The Morgan fingerprint density at radius 1 is 0.833 bits per heavy atom. The molecule has 0 heterocycles. The van der Waals surface area contributed by atoms with Gasteiger partial charge in [-0.3, -0.25) is 9.59 Å². The molecule has 154 valence electrons. The molecule has 4 nitrogen and oxygen atoms in total. The number of anilines is 1. The molecule has 0 fully saturated rings. The number of nitrogens with one attached hydrogen (secondary N) is 2. The molecule has 3 aromatic carbocycles. The van der Waals surface area contributed by atoms with E-state index in [1.54, 1.807) is 12.1 Å². The van der Waals surface area contributed by atoms with Gasteiger partial charge in [-0.1, -0.05) is 80.1 Å². The minimum Gasteiger partial charge on any atom is -0.340 e. The van der Waals surface area contributed by atoms with Gasteiger partial charge < -0.3 is 10.6 Å². The van der Waals surface area contributed by atoms with Crippen molar-refractivity contribution < 1.29 is 9.59 Å². The molecule has 1 atom stereocenters. The summed E-state index contributed by atoms with van der Waals surface area (Å²) < 4.78 is 0. The zero-order valence-corrected chi connectivity index (χ0v) is 17.7. The summed E-state index contributed by atoms with van der Waals surface area (Å²) >= 11 is 0. The molecule has 4 heteroatoms.